The van der Waals surface area contributed by atoms with Gasteiger partial charge in [0.15, 0.2) is 0 Å². The first kappa shape index (κ1) is 23.0. The third-order valence-electron chi connectivity index (χ3n) is 5.75. The van der Waals surface area contributed by atoms with Crippen molar-refractivity contribution in [2.75, 3.05) is 17.8 Å². The molecule has 0 bridgehead atoms. The minimum absolute atomic E-state index is 0.0672. The summed E-state index contributed by atoms with van der Waals surface area (Å²) in [6.45, 7) is 2.43. The predicted molar refractivity (Wildman–Crippen MR) is 136 cm³/mol. The number of anilines is 1. The molecule has 0 fully saturated rings. The van der Waals surface area contributed by atoms with Gasteiger partial charge in [0.1, 0.15) is 5.03 Å². The van der Waals surface area contributed by atoms with Crippen LogP contribution in [-0.4, -0.2) is 34.5 Å². The Kier molecular flexibility index (Phi) is 7.33. The van der Waals surface area contributed by atoms with E-state index >= 15 is 0 Å². The quantitative estimate of drug-likeness (QED) is 0.397. The van der Waals surface area contributed by atoms with Gasteiger partial charge in [-0.15, -0.1) is 23.5 Å². The van der Waals surface area contributed by atoms with Gasteiger partial charge in [-0.2, -0.15) is 0 Å². The molecule has 1 N–H and O–H groups in total. The molecular formula is C25H26ClN3OS2. The van der Waals surface area contributed by atoms with Gasteiger partial charge >= 0.3 is 6.03 Å². The van der Waals surface area contributed by atoms with Gasteiger partial charge in [0.25, 0.3) is 0 Å². The van der Waals surface area contributed by atoms with Gasteiger partial charge in [-0.1, -0.05) is 54.1 Å². The van der Waals surface area contributed by atoms with Crippen molar-refractivity contribution in [3.8, 4) is 0 Å². The topological polar surface area (TPSA) is 45.2 Å². The predicted octanol–water partition coefficient (Wildman–Crippen LogP) is 6.69. The Bertz CT molecular complexity index is 1090. The monoisotopic (exact) mass is 483 g/mol. The van der Waals surface area contributed by atoms with Gasteiger partial charge in [0.05, 0.1) is 5.69 Å². The smallest absolute Gasteiger partial charge is 0.317 e. The van der Waals surface area contributed by atoms with Crippen molar-refractivity contribution >= 4 is 46.8 Å². The maximum absolute atomic E-state index is 13.7. The second-order valence-electron chi connectivity index (χ2n) is 7.83. The van der Waals surface area contributed by atoms with Crippen molar-refractivity contribution in [2.24, 2.45) is 0 Å². The van der Waals surface area contributed by atoms with Crippen molar-refractivity contribution in [3.63, 3.8) is 0 Å². The standard InChI is InChI=1S/C25H26ClN3OS2/c1-16-12-22(31-2)23(24(27-16)32-3)28-25(30)29(15-19-10-6-7-11-21(19)26)20-13-17-8-4-5-9-18(17)14-20/h4-12,20H,13-15H2,1-3H3,(H,28,30). The second-order valence-corrected chi connectivity index (χ2v) is 9.88. The highest BCUT2D eigenvalue weighted by Gasteiger charge is 2.31. The fraction of sp³-hybridized carbons (Fsp3) is 0.280. The molecule has 0 spiro atoms. The van der Waals surface area contributed by atoms with E-state index in [0.717, 1.165) is 39.7 Å². The van der Waals surface area contributed by atoms with E-state index in [4.69, 9.17) is 11.6 Å². The van der Waals surface area contributed by atoms with E-state index in [-0.39, 0.29) is 12.1 Å². The number of nitrogens with one attached hydrogen (secondary N) is 1. The van der Waals surface area contributed by atoms with Crippen molar-refractivity contribution in [2.45, 2.75) is 42.3 Å². The fourth-order valence-electron chi connectivity index (χ4n) is 4.15. The third-order valence-corrected chi connectivity index (χ3v) is 7.57. The zero-order chi connectivity index (χ0) is 22.7. The van der Waals surface area contributed by atoms with Gasteiger partial charge < -0.3 is 10.2 Å². The normalized spacial score (nSPS) is 13.1. The zero-order valence-corrected chi connectivity index (χ0v) is 20.8. The van der Waals surface area contributed by atoms with Crippen LogP contribution in [0.1, 0.15) is 22.4 Å². The Labute approximate surface area is 203 Å². The number of rotatable bonds is 6. The number of nitrogens with zero attached hydrogens (tertiary/aromatic N) is 2. The van der Waals surface area contributed by atoms with Crippen LogP contribution in [-0.2, 0) is 19.4 Å². The Morgan fingerprint density at radius 3 is 2.38 bits per heavy atom. The van der Waals surface area contributed by atoms with Crippen LogP contribution in [0.15, 0.2) is 64.5 Å². The van der Waals surface area contributed by atoms with E-state index in [1.807, 2.05) is 54.7 Å². The van der Waals surface area contributed by atoms with Crippen molar-refractivity contribution < 1.29 is 4.79 Å². The molecule has 0 saturated heterocycles. The number of fused-ring (bicyclic) bond motifs is 1. The molecular weight excluding hydrogens is 458 g/mol. The Morgan fingerprint density at radius 2 is 1.75 bits per heavy atom. The molecule has 0 atom stereocenters. The number of aromatic nitrogens is 1. The molecule has 3 aromatic rings. The van der Waals surface area contributed by atoms with E-state index in [0.29, 0.717) is 11.6 Å². The second kappa shape index (κ2) is 10.2. The first-order valence-corrected chi connectivity index (χ1v) is 13.3. The van der Waals surface area contributed by atoms with Gasteiger partial charge in [-0.05, 0) is 61.1 Å². The zero-order valence-electron chi connectivity index (χ0n) is 18.4. The van der Waals surface area contributed by atoms with E-state index in [2.05, 4.69) is 34.6 Å². The molecule has 0 saturated carbocycles. The molecule has 32 heavy (non-hydrogen) atoms. The lowest BCUT2D eigenvalue weighted by Gasteiger charge is -2.30. The summed E-state index contributed by atoms with van der Waals surface area (Å²) in [5.74, 6) is 0. The van der Waals surface area contributed by atoms with Crippen LogP contribution >= 0.6 is 35.1 Å². The SMILES string of the molecule is CSc1cc(C)nc(SC)c1NC(=O)N(Cc1ccccc1Cl)C1Cc2ccccc2C1. The molecule has 1 aliphatic rings. The number of carbonyl (C=O) groups excluding carboxylic acids is 1. The van der Waals surface area contributed by atoms with E-state index < -0.39 is 0 Å². The number of amides is 2. The summed E-state index contributed by atoms with van der Waals surface area (Å²) in [5, 5.41) is 4.69. The first-order valence-electron chi connectivity index (χ1n) is 10.5. The van der Waals surface area contributed by atoms with Crippen LogP contribution in [0, 0.1) is 6.92 Å². The number of pyridine rings is 1. The summed E-state index contributed by atoms with van der Waals surface area (Å²) in [5.41, 5.74) is 5.27. The van der Waals surface area contributed by atoms with Crippen molar-refractivity contribution in [3.05, 3.63) is 82.0 Å². The summed E-state index contributed by atoms with van der Waals surface area (Å²) in [4.78, 5) is 21.3. The number of benzene rings is 2. The maximum atomic E-state index is 13.7. The van der Waals surface area contributed by atoms with Crippen molar-refractivity contribution in [1.82, 2.24) is 9.88 Å². The number of aryl methyl sites for hydroxylation is 1. The molecule has 7 heteroatoms. The number of halogens is 1. The fourth-order valence-corrected chi connectivity index (χ4v) is 5.65. The van der Waals surface area contributed by atoms with Gasteiger partial charge in [0.2, 0.25) is 0 Å². The number of carbonyl (C=O) groups is 1. The van der Waals surface area contributed by atoms with E-state index in [1.165, 1.54) is 11.1 Å². The minimum Gasteiger partial charge on any atom is -0.317 e. The minimum atomic E-state index is -0.126. The molecule has 0 aliphatic heterocycles. The van der Waals surface area contributed by atoms with E-state index in [1.54, 1.807) is 23.5 Å². The molecule has 2 amide bonds. The number of hydrogen-bond acceptors (Lipinski definition) is 4. The first-order chi connectivity index (χ1) is 15.5. The molecule has 4 nitrogen and oxygen atoms in total. The van der Waals surface area contributed by atoms with Gasteiger partial charge in [-0.25, -0.2) is 9.78 Å². The summed E-state index contributed by atoms with van der Waals surface area (Å²) in [6.07, 6.45) is 5.68. The lowest BCUT2D eigenvalue weighted by Crippen LogP contribution is -2.43. The summed E-state index contributed by atoms with van der Waals surface area (Å²) < 4.78 is 0. The molecule has 0 radical (unpaired) electrons. The van der Waals surface area contributed by atoms with Crippen LogP contribution in [0.3, 0.4) is 0 Å². The summed E-state index contributed by atoms with van der Waals surface area (Å²) in [6, 6.07) is 18.1. The van der Waals surface area contributed by atoms with Crippen LogP contribution in [0.2, 0.25) is 5.02 Å². The van der Waals surface area contributed by atoms with Crippen LogP contribution in [0.4, 0.5) is 10.5 Å². The molecule has 0 unspecified atom stereocenters. The van der Waals surface area contributed by atoms with Gasteiger partial charge in [0, 0.05) is 28.2 Å². The number of hydrogen-bond donors (Lipinski definition) is 1. The summed E-state index contributed by atoms with van der Waals surface area (Å²) >= 11 is 9.62. The largest absolute Gasteiger partial charge is 0.322 e. The maximum Gasteiger partial charge on any atom is 0.322 e. The molecule has 2 aromatic carbocycles. The van der Waals surface area contributed by atoms with Crippen molar-refractivity contribution in [1.29, 1.82) is 0 Å². The van der Waals surface area contributed by atoms with E-state index in [9.17, 15) is 4.79 Å². The van der Waals surface area contributed by atoms with Gasteiger partial charge in [-0.3, -0.25) is 0 Å². The number of thioether (sulfide) groups is 2. The Hall–Kier alpha value is -2.15. The highest BCUT2D eigenvalue weighted by atomic mass is 35.5. The Morgan fingerprint density at radius 1 is 1.09 bits per heavy atom. The molecule has 4 rings (SSSR count). The summed E-state index contributed by atoms with van der Waals surface area (Å²) in [7, 11) is 0. The lowest BCUT2D eigenvalue weighted by molar-refractivity contribution is 0.185. The average molecular weight is 484 g/mol. The van der Waals surface area contributed by atoms with Crippen LogP contribution in [0.5, 0.6) is 0 Å². The molecule has 1 aromatic heterocycles. The molecule has 166 valence electrons. The van der Waals surface area contributed by atoms with Crippen LogP contribution < -0.4 is 5.32 Å². The third kappa shape index (κ3) is 4.92. The molecule has 1 aliphatic carbocycles. The highest BCUT2D eigenvalue weighted by Crippen LogP contribution is 2.35. The van der Waals surface area contributed by atoms with Crippen LogP contribution in [0.25, 0.3) is 0 Å². The molecule has 1 heterocycles. The average Bonchev–Trinajstić information content (AvgIpc) is 3.23. The Balaban J connectivity index is 1.66. The highest BCUT2D eigenvalue weighted by molar-refractivity contribution is 7.99. The number of urea groups is 1. The lowest BCUT2D eigenvalue weighted by atomic mass is 10.1.